The van der Waals surface area contributed by atoms with E-state index in [4.69, 9.17) is 9.47 Å². The summed E-state index contributed by atoms with van der Waals surface area (Å²) in [7, 11) is 1.06. The average molecular weight is 576 g/mol. The lowest BCUT2D eigenvalue weighted by Gasteiger charge is -2.42. The van der Waals surface area contributed by atoms with Gasteiger partial charge in [0.15, 0.2) is 0 Å². The average Bonchev–Trinajstić information content (AvgIpc) is 3.34. The van der Waals surface area contributed by atoms with Gasteiger partial charge in [-0.3, -0.25) is 9.80 Å². The predicted octanol–water partition coefficient (Wildman–Crippen LogP) is 7.40. The van der Waals surface area contributed by atoms with Crippen LogP contribution >= 0.6 is 11.3 Å². The lowest BCUT2D eigenvalue weighted by Crippen LogP contribution is -2.47. The highest BCUT2D eigenvalue weighted by atomic mass is 32.1. The van der Waals surface area contributed by atoms with E-state index in [-0.39, 0.29) is 24.7 Å². The normalized spacial score (nSPS) is 17.6. The van der Waals surface area contributed by atoms with Crippen molar-refractivity contribution in [2.75, 3.05) is 18.6 Å². The molecule has 7 nitrogen and oxygen atoms in total. The summed E-state index contributed by atoms with van der Waals surface area (Å²) < 4.78 is 91.7. The molecule has 0 radical (unpaired) electrons. The van der Waals surface area contributed by atoms with Crippen LogP contribution in [-0.2, 0) is 28.4 Å². The SMILES string of the molecule is CCOC(=O)N1c2ccc3ncsc3c2C(N(Cc2cc(C(F)(F)F)cc(C(F)(F)F)c2)C(=O)OC)CC1C. The highest BCUT2D eigenvalue weighted by molar-refractivity contribution is 7.17. The molecule has 2 amide bonds. The van der Waals surface area contributed by atoms with E-state index in [1.54, 1.807) is 31.5 Å². The number of carbonyl (C=O) groups is 2. The van der Waals surface area contributed by atoms with Crippen molar-refractivity contribution in [3.63, 3.8) is 0 Å². The van der Waals surface area contributed by atoms with Gasteiger partial charge in [0, 0.05) is 18.2 Å². The number of anilines is 1. The Hall–Kier alpha value is -3.55. The summed E-state index contributed by atoms with van der Waals surface area (Å²) in [4.78, 5) is 32.6. The fourth-order valence-corrected chi connectivity index (χ4v) is 5.62. The summed E-state index contributed by atoms with van der Waals surface area (Å²) in [5.74, 6) is 0. The molecule has 2 atom stereocenters. The summed E-state index contributed by atoms with van der Waals surface area (Å²) in [6.07, 6.45) is -11.6. The number of aromatic nitrogens is 1. The molecule has 3 aromatic rings. The number of methoxy groups -OCH3 is 1. The number of benzene rings is 2. The van der Waals surface area contributed by atoms with E-state index in [0.717, 1.165) is 12.0 Å². The molecule has 0 spiro atoms. The minimum absolute atomic E-state index is 0.0298. The Labute approximate surface area is 222 Å². The zero-order valence-corrected chi connectivity index (χ0v) is 21.7. The van der Waals surface area contributed by atoms with Crippen molar-refractivity contribution < 1.29 is 45.4 Å². The second kappa shape index (κ2) is 10.5. The summed E-state index contributed by atoms with van der Waals surface area (Å²) in [5, 5.41) is 0. The Kier molecular flexibility index (Phi) is 7.70. The summed E-state index contributed by atoms with van der Waals surface area (Å²) in [6.45, 7) is 2.83. The highest BCUT2D eigenvalue weighted by Gasteiger charge is 2.42. The van der Waals surface area contributed by atoms with Crippen LogP contribution in [-0.4, -0.2) is 41.8 Å². The van der Waals surface area contributed by atoms with Gasteiger partial charge in [-0.05, 0) is 56.2 Å². The van der Waals surface area contributed by atoms with Crippen molar-refractivity contribution in [2.24, 2.45) is 0 Å². The molecule has 2 heterocycles. The third-order valence-electron chi connectivity index (χ3n) is 6.36. The zero-order valence-electron chi connectivity index (χ0n) is 20.9. The lowest BCUT2D eigenvalue weighted by atomic mass is 9.90. The largest absolute Gasteiger partial charge is 0.453 e. The van der Waals surface area contributed by atoms with Crippen LogP contribution in [0.3, 0.4) is 0 Å². The summed E-state index contributed by atoms with van der Waals surface area (Å²) >= 11 is 1.22. The first-order valence-corrected chi connectivity index (χ1v) is 12.6. The molecule has 4 rings (SSSR count). The number of fused-ring (bicyclic) bond motifs is 3. The first-order valence-electron chi connectivity index (χ1n) is 11.7. The molecule has 1 aromatic heterocycles. The van der Waals surface area contributed by atoms with Gasteiger partial charge in [0.25, 0.3) is 0 Å². The Morgan fingerprint density at radius 3 is 2.31 bits per heavy atom. The van der Waals surface area contributed by atoms with Crippen molar-refractivity contribution >= 4 is 39.4 Å². The van der Waals surface area contributed by atoms with Gasteiger partial charge in [0.05, 0.1) is 52.3 Å². The van der Waals surface area contributed by atoms with E-state index < -0.39 is 54.3 Å². The standard InChI is InChI=1S/C25H23F6N3O4S/c1-4-38-23(36)34-13(2)7-19(20-18(34)6-5-17-21(20)39-12-32-17)33(22(35)37-3)11-14-8-15(24(26,27)28)10-16(9-14)25(29,30)31/h5-6,8-10,12-13,19H,4,7,11H2,1-3H3. The van der Waals surface area contributed by atoms with E-state index in [2.05, 4.69) is 4.98 Å². The van der Waals surface area contributed by atoms with Crippen LogP contribution in [0.4, 0.5) is 41.6 Å². The Balaban J connectivity index is 1.87. The third-order valence-corrected chi connectivity index (χ3v) is 7.24. The molecule has 0 aliphatic carbocycles. The zero-order chi connectivity index (χ0) is 28.7. The quantitative estimate of drug-likeness (QED) is 0.303. The van der Waals surface area contributed by atoms with Gasteiger partial charge in [0.1, 0.15) is 0 Å². The fourth-order valence-electron chi connectivity index (χ4n) is 4.74. The number of nitrogens with zero attached hydrogens (tertiary/aromatic N) is 3. The Bertz CT molecular complexity index is 1360. The van der Waals surface area contributed by atoms with Crippen LogP contribution in [0.25, 0.3) is 10.2 Å². The van der Waals surface area contributed by atoms with Crippen molar-refractivity contribution in [2.45, 2.75) is 51.2 Å². The van der Waals surface area contributed by atoms with Crippen LogP contribution in [0.15, 0.2) is 35.8 Å². The molecule has 0 fully saturated rings. The minimum Gasteiger partial charge on any atom is -0.453 e. The van der Waals surface area contributed by atoms with Gasteiger partial charge in [-0.25, -0.2) is 14.6 Å². The van der Waals surface area contributed by atoms with E-state index >= 15 is 0 Å². The second-order valence-electron chi connectivity index (χ2n) is 8.88. The molecule has 0 saturated heterocycles. The molecule has 0 saturated carbocycles. The number of carbonyl (C=O) groups excluding carboxylic acids is 2. The highest BCUT2D eigenvalue weighted by Crippen LogP contribution is 2.46. The number of amides is 2. The molecule has 0 N–H and O–H groups in total. The van der Waals surface area contributed by atoms with Crippen LogP contribution in [0.5, 0.6) is 0 Å². The number of halogens is 6. The first-order chi connectivity index (χ1) is 18.3. The Morgan fingerprint density at radius 1 is 1.10 bits per heavy atom. The van der Waals surface area contributed by atoms with Gasteiger partial charge in [0.2, 0.25) is 0 Å². The van der Waals surface area contributed by atoms with Crippen molar-refractivity contribution in [1.82, 2.24) is 9.88 Å². The van der Waals surface area contributed by atoms with Crippen LogP contribution in [0, 0.1) is 0 Å². The molecule has 1 aliphatic heterocycles. The summed E-state index contributed by atoms with van der Waals surface area (Å²) in [5.41, 5.74) is -0.413. The summed E-state index contributed by atoms with van der Waals surface area (Å²) in [6, 6.07) is 3.07. The van der Waals surface area contributed by atoms with Crippen LogP contribution in [0.1, 0.15) is 48.6 Å². The van der Waals surface area contributed by atoms with Crippen molar-refractivity contribution in [3.05, 3.63) is 58.1 Å². The number of alkyl halides is 6. The van der Waals surface area contributed by atoms with Gasteiger partial charge < -0.3 is 9.47 Å². The van der Waals surface area contributed by atoms with E-state index in [0.29, 0.717) is 33.6 Å². The molecule has 39 heavy (non-hydrogen) atoms. The minimum atomic E-state index is -5.05. The number of hydrogen-bond donors (Lipinski definition) is 0. The number of thiazole rings is 1. The van der Waals surface area contributed by atoms with Gasteiger partial charge in [-0.1, -0.05) is 0 Å². The van der Waals surface area contributed by atoms with E-state index in [9.17, 15) is 35.9 Å². The second-order valence-corrected chi connectivity index (χ2v) is 9.74. The number of hydrogen-bond acceptors (Lipinski definition) is 6. The monoisotopic (exact) mass is 575 g/mol. The molecular weight excluding hydrogens is 552 g/mol. The first kappa shape index (κ1) is 28.5. The van der Waals surface area contributed by atoms with Gasteiger partial charge in [-0.15, -0.1) is 11.3 Å². The maximum atomic E-state index is 13.5. The fraction of sp³-hybridized carbons (Fsp3) is 0.400. The molecule has 0 bridgehead atoms. The van der Waals surface area contributed by atoms with E-state index in [1.807, 2.05) is 0 Å². The Morgan fingerprint density at radius 2 is 1.74 bits per heavy atom. The molecular formula is C25H23F6N3O4S. The van der Waals surface area contributed by atoms with Crippen LogP contribution < -0.4 is 4.90 Å². The molecule has 14 heteroatoms. The van der Waals surface area contributed by atoms with Crippen molar-refractivity contribution in [3.8, 4) is 0 Å². The third kappa shape index (κ3) is 5.60. The molecule has 1 aliphatic rings. The number of ether oxygens (including phenoxy) is 2. The molecule has 2 unspecified atom stereocenters. The van der Waals surface area contributed by atoms with Crippen LogP contribution in [0.2, 0.25) is 0 Å². The maximum Gasteiger partial charge on any atom is 0.416 e. The van der Waals surface area contributed by atoms with Crippen molar-refractivity contribution in [1.29, 1.82) is 0 Å². The number of rotatable bonds is 4. The smallest absolute Gasteiger partial charge is 0.416 e. The molecule has 2 aromatic carbocycles. The van der Waals surface area contributed by atoms with Gasteiger partial charge >= 0.3 is 24.5 Å². The topological polar surface area (TPSA) is 72.0 Å². The predicted molar refractivity (Wildman–Crippen MR) is 130 cm³/mol. The van der Waals surface area contributed by atoms with Gasteiger partial charge in [-0.2, -0.15) is 26.3 Å². The molecule has 210 valence electrons. The lowest BCUT2D eigenvalue weighted by molar-refractivity contribution is -0.143. The maximum absolute atomic E-state index is 13.5. The van der Waals surface area contributed by atoms with E-state index in [1.165, 1.54) is 16.2 Å².